The fourth-order valence-corrected chi connectivity index (χ4v) is 7.38. The summed E-state index contributed by atoms with van der Waals surface area (Å²) in [6, 6.07) is 6.62. The number of hydroxylamine groups is 1. The molecule has 1 aromatic carbocycles. The molecule has 3 aliphatic rings. The van der Waals surface area contributed by atoms with Crippen molar-refractivity contribution < 1.29 is 27.9 Å². The van der Waals surface area contributed by atoms with Gasteiger partial charge in [-0.1, -0.05) is 18.2 Å². The maximum absolute atomic E-state index is 13.5. The molecular weight excluding hydrogens is 446 g/mol. The van der Waals surface area contributed by atoms with Gasteiger partial charge in [0.1, 0.15) is 0 Å². The highest BCUT2D eigenvalue weighted by Crippen LogP contribution is 2.37. The Hall–Kier alpha value is -1.56. The molecule has 3 fully saturated rings. The van der Waals surface area contributed by atoms with Crippen LogP contribution in [-0.4, -0.2) is 86.1 Å². The van der Waals surface area contributed by atoms with Crippen LogP contribution in [0.15, 0.2) is 18.2 Å². The maximum atomic E-state index is 13.5. The number of ether oxygens (including phenoxy) is 2. The molecule has 0 radical (unpaired) electrons. The highest BCUT2D eigenvalue weighted by Gasteiger charge is 2.54. The number of piperidine rings is 1. The number of nitrogens with one attached hydrogen (secondary N) is 1. The van der Waals surface area contributed by atoms with Gasteiger partial charge in [0.25, 0.3) is 5.91 Å². The van der Waals surface area contributed by atoms with E-state index in [-0.39, 0.29) is 32.0 Å². The second-order valence-electron chi connectivity index (χ2n) is 9.30. The Labute approximate surface area is 196 Å². The molecule has 0 spiro atoms. The first-order chi connectivity index (χ1) is 15.9. The van der Waals surface area contributed by atoms with Crippen LogP contribution in [0.25, 0.3) is 0 Å². The Bertz CT molecular complexity index is 934. The van der Waals surface area contributed by atoms with Crippen LogP contribution in [0.5, 0.6) is 0 Å². The molecule has 0 atom stereocenters. The van der Waals surface area contributed by atoms with Crippen molar-refractivity contribution in [2.24, 2.45) is 0 Å². The van der Waals surface area contributed by atoms with E-state index < -0.39 is 20.7 Å². The summed E-state index contributed by atoms with van der Waals surface area (Å²) in [6.45, 7) is 7.63. The molecule has 0 unspecified atom stereocenters. The molecule has 3 heterocycles. The van der Waals surface area contributed by atoms with Crippen molar-refractivity contribution in [3.63, 3.8) is 0 Å². The highest BCUT2D eigenvalue weighted by molar-refractivity contribution is 7.91. The van der Waals surface area contributed by atoms with Crippen molar-refractivity contribution >= 4 is 15.9 Å². The predicted octanol–water partition coefficient (Wildman–Crippen LogP) is 1.39. The van der Waals surface area contributed by atoms with Gasteiger partial charge in [0.15, 0.2) is 4.75 Å². The van der Waals surface area contributed by atoms with E-state index in [1.165, 1.54) is 21.0 Å². The third-order valence-electron chi connectivity index (χ3n) is 7.44. The molecule has 0 bridgehead atoms. The average molecular weight is 482 g/mol. The second kappa shape index (κ2) is 10.4. The molecule has 0 aliphatic carbocycles. The molecule has 2 N–H and O–H groups in total. The van der Waals surface area contributed by atoms with E-state index in [1.54, 1.807) is 5.48 Å². The lowest BCUT2D eigenvalue weighted by molar-refractivity contribution is -0.134. The van der Waals surface area contributed by atoms with E-state index in [0.29, 0.717) is 25.9 Å². The van der Waals surface area contributed by atoms with Gasteiger partial charge in [-0.3, -0.25) is 14.9 Å². The van der Waals surface area contributed by atoms with Crippen LogP contribution in [-0.2, 0) is 30.8 Å². The largest absolute Gasteiger partial charge is 0.381 e. The number of hydrogen-bond acceptors (Lipinski definition) is 7. The van der Waals surface area contributed by atoms with E-state index in [0.717, 1.165) is 32.8 Å². The lowest BCUT2D eigenvalue weighted by Gasteiger charge is -2.40. The van der Waals surface area contributed by atoms with Crippen LogP contribution in [0.3, 0.4) is 0 Å². The van der Waals surface area contributed by atoms with Crippen molar-refractivity contribution in [1.82, 2.24) is 14.7 Å². The number of carbonyl (C=O) groups excluding carboxylic acids is 1. The van der Waals surface area contributed by atoms with Crippen molar-refractivity contribution in [2.45, 2.75) is 49.8 Å². The number of morpholine rings is 1. The Morgan fingerprint density at radius 3 is 2.33 bits per heavy atom. The molecule has 0 aromatic heterocycles. The highest BCUT2D eigenvalue weighted by atomic mass is 32.2. The third kappa shape index (κ3) is 4.96. The maximum Gasteiger partial charge on any atom is 0.266 e. The minimum atomic E-state index is -3.93. The summed E-state index contributed by atoms with van der Waals surface area (Å²) in [5.74, 6) is -0.579. The quantitative estimate of drug-likeness (QED) is 0.467. The predicted molar refractivity (Wildman–Crippen MR) is 122 cm³/mol. The summed E-state index contributed by atoms with van der Waals surface area (Å²) in [5.41, 5.74) is 5.40. The number of rotatable bonds is 6. The Balaban J connectivity index is 1.42. The topological polar surface area (TPSA) is 108 Å². The Morgan fingerprint density at radius 1 is 1.09 bits per heavy atom. The molecule has 9 nitrogen and oxygen atoms in total. The minimum Gasteiger partial charge on any atom is -0.381 e. The van der Waals surface area contributed by atoms with E-state index in [4.69, 9.17) is 9.47 Å². The van der Waals surface area contributed by atoms with Gasteiger partial charge < -0.3 is 9.47 Å². The zero-order valence-electron chi connectivity index (χ0n) is 19.3. The van der Waals surface area contributed by atoms with Gasteiger partial charge in [0, 0.05) is 58.8 Å². The number of hydrogen-bond donors (Lipinski definition) is 2. The SMILES string of the molecule is Cc1cc(C2CCN(S(=O)(=O)C3(C(=O)NO)CCOCC3)CC2)ccc1CN1CCOCC1. The lowest BCUT2D eigenvalue weighted by atomic mass is 9.88. The molecule has 3 aliphatic heterocycles. The summed E-state index contributed by atoms with van der Waals surface area (Å²) < 4.78 is 37.5. The first-order valence-electron chi connectivity index (χ1n) is 11.8. The molecule has 1 amide bonds. The van der Waals surface area contributed by atoms with Crippen LogP contribution in [0, 0.1) is 6.92 Å². The monoisotopic (exact) mass is 481 g/mol. The minimum absolute atomic E-state index is 0.0471. The molecular formula is C23H35N3O6S. The normalized spacial score (nSPS) is 23.3. The number of amides is 1. The molecule has 1 aromatic rings. The summed E-state index contributed by atoms with van der Waals surface area (Å²) in [4.78, 5) is 14.8. The van der Waals surface area contributed by atoms with Crippen LogP contribution in [0.1, 0.15) is 48.3 Å². The van der Waals surface area contributed by atoms with Gasteiger partial charge in [-0.25, -0.2) is 18.2 Å². The lowest BCUT2D eigenvalue weighted by Crippen LogP contribution is -2.60. The van der Waals surface area contributed by atoms with Crippen LogP contribution < -0.4 is 5.48 Å². The molecule has 184 valence electrons. The summed E-state index contributed by atoms with van der Waals surface area (Å²) in [7, 11) is -3.93. The smallest absolute Gasteiger partial charge is 0.266 e. The van der Waals surface area contributed by atoms with Gasteiger partial charge in [-0.05, 0) is 42.4 Å². The third-order valence-corrected chi connectivity index (χ3v) is 10.1. The summed E-state index contributed by atoms with van der Waals surface area (Å²) in [6.07, 6.45) is 1.50. The second-order valence-corrected chi connectivity index (χ2v) is 11.5. The molecule has 0 saturated carbocycles. The van der Waals surface area contributed by atoms with Crippen LogP contribution in [0.2, 0.25) is 0 Å². The number of benzene rings is 1. The first kappa shape index (κ1) is 24.6. The van der Waals surface area contributed by atoms with E-state index >= 15 is 0 Å². The number of carbonyl (C=O) groups is 1. The van der Waals surface area contributed by atoms with Gasteiger partial charge in [0.05, 0.1) is 13.2 Å². The number of aryl methyl sites for hydroxylation is 1. The van der Waals surface area contributed by atoms with Gasteiger partial charge in [-0.2, -0.15) is 0 Å². The first-order valence-corrected chi connectivity index (χ1v) is 13.2. The summed E-state index contributed by atoms with van der Waals surface area (Å²) in [5, 5.41) is 9.22. The molecule has 4 rings (SSSR count). The molecule has 10 heteroatoms. The standard InChI is InChI=1S/C23H35N3O6S/c1-18-16-20(2-3-21(18)17-25-10-14-32-15-11-25)19-4-8-26(9-5-19)33(29,30)23(22(27)24-28)6-12-31-13-7-23/h2-3,16,19,28H,4-15,17H2,1H3,(H,24,27). The Morgan fingerprint density at radius 2 is 1.73 bits per heavy atom. The Kier molecular flexibility index (Phi) is 7.72. The van der Waals surface area contributed by atoms with Gasteiger partial charge >= 0.3 is 0 Å². The van der Waals surface area contributed by atoms with E-state index in [2.05, 4.69) is 30.0 Å². The number of nitrogens with zero attached hydrogens (tertiary/aromatic N) is 2. The average Bonchev–Trinajstić information content (AvgIpc) is 2.86. The zero-order valence-corrected chi connectivity index (χ0v) is 20.1. The van der Waals surface area contributed by atoms with E-state index in [1.807, 2.05) is 0 Å². The molecule has 3 saturated heterocycles. The van der Waals surface area contributed by atoms with Crippen LogP contribution >= 0.6 is 0 Å². The van der Waals surface area contributed by atoms with Crippen molar-refractivity contribution in [3.8, 4) is 0 Å². The van der Waals surface area contributed by atoms with Gasteiger partial charge in [-0.15, -0.1) is 0 Å². The summed E-state index contributed by atoms with van der Waals surface area (Å²) >= 11 is 0. The fraction of sp³-hybridized carbons (Fsp3) is 0.696. The number of sulfonamides is 1. The van der Waals surface area contributed by atoms with E-state index in [9.17, 15) is 18.4 Å². The molecule has 33 heavy (non-hydrogen) atoms. The van der Waals surface area contributed by atoms with Crippen molar-refractivity contribution in [1.29, 1.82) is 0 Å². The zero-order chi connectivity index (χ0) is 23.5. The van der Waals surface area contributed by atoms with Crippen LogP contribution in [0.4, 0.5) is 0 Å². The van der Waals surface area contributed by atoms with Crippen molar-refractivity contribution in [2.75, 3.05) is 52.6 Å². The fourth-order valence-electron chi connectivity index (χ4n) is 5.23. The van der Waals surface area contributed by atoms with Crippen molar-refractivity contribution in [3.05, 3.63) is 34.9 Å². The van der Waals surface area contributed by atoms with Gasteiger partial charge in [0.2, 0.25) is 10.0 Å².